The molecule has 1 aromatic carbocycles. The van der Waals surface area contributed by atoms with Crippen LogP contribution in [0, 0.1) is 0 Å². The second-order valence-electron chi connectivity index (χ2n) is 11.0. The second kappa shape index (κ2) is 16.5. The van der Waals surface area contributed by atoms with Gasteiger partial charge < -0.3 is 39.2 Å². The average Bonchev–Trinajstić information content (AvgIpc) is 3.29. The minimum Gasteiger partial charge on any atom is -0.462 e. The minimum absolute atomic E-state index is 0.180. The van der Waals surface area contributed by atoms with Gasteiger partial charge in [-0.1, -0.05) is 23.0 Å². The molecule has 15 nitrogen and oxygen atoms in total. The fourth-order valence-electron chi connectivity index (χ4n) is 4.47. The Hall–Kier alpha value is -3.11. The number of ether oxygens (including phenoxy) is 4. The Balaban J connectivity index is 1.68. The molecule has 0 aliphatic carbocycles. The number of carbonyl (C=O) groups excluding carboxylic acids is 3. The van der Waals surface area contributed by atoms with Crippen LogP contribution in [0.5, 0.6) is 5.75 Å². The number of hydrogen-bond donors (Lipinski definition) is 2. The molecule has 3 rings (SSSR count). The first-order valence-electron chi connectivity index (χ1n) is 14.3. The van der Waals surface area contributed by atoms with Crippen LogP contribution >= 0.6 is 8.18 Å². The van der Waals surface area contributed by atoms with Gasteiger partial charge in [-0.15, -0.1) is 0 Å². The Bertz CT molecular complexity index is 1210. The molecule has 3 N–H and O–H groups in total. The summed E-state index contributed by atoms with van der Waals surface area (Å²) in [5, 5.41) is 11.0. The van der Waals surface area contributed by atoms with Gasteiger partial charge in [0.1, 0.15) is 17.8 Å². The van der Waals surface area contributed by atoms with Crippen molar-refractivity contribution in [2.24, 2.45) is 5.73 Å². The Labute approximate surface area is 261 Å². The van der Waals surface area contributed by atoms with E-state index >= 15 is 4.39 Å². The molecule has 0 spiro atoms. The van der Waals surface area contributed by atoms with E-state index in [0.29, 0.717) is 0 Å². The van der Waals surface area contributed by atoms with Crippen molar-refractivity contribution in [3.63, 3.8) is 0 Å². The highest BCUT2D eigenvalue weighted by Gasteiger charge is 2.51. The molecule has 0 saturated carbocycles. The molecule has 0 radical (unpaired) electrons. The van der Waals surface area contributed by atoms with Crippen molar-refractivity contribution in [1.82, 2.24) is 14.6 Å². The van der Waals surface area contributed by atoms with Crippen molar-refractivity contribution in [1.29, 1.82) is 0 Å². The topological polar surface area (TPSA) is 180 Å². The average molecular weight is 661 g/mol. The molecule has 2 heterocycles. The molecule has 2 unspecified atom stereocenters. The maximum absolute atomic E-state index is 15.9. The SMILES string of the molecule is COCC[C@@H](N)C(=O)OCN1C(=O)C=CN([C@@H]2O[C@H](CON([C@@H](C)C(=O)OC(C)C)[PH](=O)Oc3ccccc3)C[C@@]2(C)F)C1O. The van der Waals surface area contributed by atoms with Crippen LogP contribution in [0.1, 0.15) is 40.5 Å². The smallest absolute Gasteiger partial charge is 0.331 e. The first-order chi connectivity index (χ1) is 21.2. The highest BCUT2D eigenvalue weighted by molar-refractivity contribution is 7.36. The van der Waals surface area contributed by atoms with Crippen molar-refractivity contribution in [3.8, 4) is 5.75 Å². The molecule has 0 aromatic heterocycles. The molecule has 0 bridgehead atoms. The van der Waals surface area contributed by atoms with Crippen LogP contribution < -0.4 is 10.3 Å². The summed E-state index contributed by atoms with van der Waals surface area (Å²) in [4.78, 5) is 45.8. The van der Waals surface area contributed by atoms with E-state index in [2.05, 4.69) is 0 Å². The van der Waals surface area contributed by atoms with Crippen LogP contribution in [0.2, 0.25) is 0 Å². The summed E-state index contributed by atoms with van der Waals surface area (Å²) >= 11 is 0. The molecule has 1 fully saturated rings. The van der Waals surface area contributed by atoms with Crippen molar-refractivity contribution in [3.05, 3.63) is 42.6 Å². The Morgan fingerprint density at radius 2 is 1.93 bits per heavy atom. The normalized spacial score (nSPS) is 25.4. The molecule has 17 heteroatoms. The zero-order chi connectivity index (χ0) is 33.3. The van der Waals surface area contributed by atoms with Gasteiger partial charge in [-0.2, -0.15) is 0 Å². The van der Waals surface area contributed by atoms with Gasteiger partial charge in [0.05, 0.1) is 18.8 Å². The lowest BCUT2D eigenvalue weighted by atomic mass is 10.0. The standard InChI is InChI=1S/C28H42FN4O11P/c1-18(2)42-24(35)19(3)33(45(38)44-20-9-7-6-8-10-20)41-16-21-15-28(4,29)26(43-21)31-13-11-23(34)32(27(31)37)17-40-25(36)22(30)12-14-39-5/h6-11,13,18-19,21-22,26-27,37,45H,12,14-17,30H2,1-5H3/t19-,21-,22+,26+,27?,28+/m0/s1. The summed E-state index contributed by atoms with van der Waals surface area (Å²) in [6.07, 6.45) is -2.39. The third kappa shape index (κ3) is 9.94. The van der Waals surface area contributed by atoms with Gasteiger partial charge in [0.25, 0.3) is 5.91 Å². The lowest BCUT2D eigenvalue weighted by Crippen LogP contribution is -2.58. The number of carbonyl (C=O) groups is 3. The fourth-order valence-corrected chi connectivity index (χ4v) is 5.50. The summed E-state index contributed by atoms with van der Waals surface area (Å²) < 4.78 is 55.7. The van der Waals surface area contributed by atoms with Gasteiger partial charge in [0.15, 0.2) is 18.6 Å². The van der Waals surface area contributed by atoms with Gasteiger partial charge in [-0.25, -0.2) is 4.39 Å². The summed E-state index contributed by atoms with van der Waals surface area (Å²) in [6.45, 7) is 5.20. The van der Waals surface area contributed by atoms with E-state index in [1.807, 2.05) is 0 Å². The number of hydroxylamine groups is 1. The predicted molar refractivity (Wildman–Crippen MR) is 157 cm³/mol. The summed E-state index contributed by atoms with van der Waals surface area (Å²) in [5.41, 5.74) is 3.67. The number of rotatable bonds is 16. The minimum atomic E-state index is -3.21. The van der Waals surface area contributed by atoms with E-state index in [1.54, 1.807) is 44.2 Å². The monoisotopic (exact) mass is 660 g/mol. The van der Waals surface area contributed by atoms with Gasteiger partial charge in [-0.05, 0) is 46.2 Å². The number of aliphatic hydroxyl groups is 1. The maximum atomic E-state index is 15.9. The first-order valence-corrected chi connectivity index (χ1v) is 15.6. The Morgan fingerprint density at radius 1 is 1.24 bits per heavy atom. The van der Waals surface area contributed by atoms with Crippen LogP contribution in [-0.2, 0) is 42.7 Å². The molecule has 1 amide bonds. The Kier molecular flexibility index (Phi) is 13.3. The van der Waals surface area contributed by atoms with E-state index in [0.717, 1.165) is 20.7 Å². The van der Waals surface area contributed by atoms with E-state index in [9.17, 15) is 24.1 Å². The van der Waals surface area contributed by atoms with E-state index in [4.69, 9.17) is 34.0 Å². The molecular formula is C28H42FN4O11P. The lowest BCUT2D eigenvalue weighted by molar-refractivity contribution is -0.215. The number of nitrogens with two attached hydrogens (primary N) is 1. The lowest BCUT2D eigenvalue weighted by Gasteiger charge is -2.42. The number of benzene rings is 1. The van der Waals surface area contributed by atoms with E-state index in [-0.39, 0.29) is 31.8 Å². The number of aliphatic hydroxyl groups excluding tert-OH is 1. The van der Waals surface area contributed by atoms with Crippen molar-refractivity contribution in [2.45, 2.75) is 83.1 Å². The molecular weight excluding hydrogens is 618 g/mol. The Morgan fingerprint density at radius 3 is 2.58 bits per heavy atom. The zero-order valence-corrected chi connectivity index (χ0v) is 26.9. The summed E-state index contributed by atoms with van der Waals surface area (Å²) in [7, 11) is -1.76. The predicted octanol–water partition coefficient (Wildman–Crippen LogP) is 1.67. The molecule has 2 aliphatic heterocycles. The fraction of sp³-hybridized carbons (Fsp3) is 0.607. The van der Waals surface area contributed by atoms with Crippen LogP contribution in [-0.4, -0.2) is 107 Å². The van der Waals surface area contributed by atoms with Crippen LogP contribution in [0.3, 0.4) is 0 Å². The number of esters is 2. The summed E-state index contributed by atoms with van der Waals surface area (Å²) in [5.74, 6) is -1.95. The van der Waals surface area contributed by atoms with Crippen molar-refractivity contribution in [2.75, 3.05) is 27.1 Å². The van der Waals surface area contributed by atoms with Crippen LogP contribution in [0.25, 0.3) is 0 Å². The number of methoxy groups -OCH3 is 1. The number of nitrogens with zero attached hydrogens (tertiary/aromatic N) is 3. The molecule has 1 aromatic rings. The number of halogens is 1. The third-order valence-corrected chi connectivity index (χ3v) is 8.09. The number of para-hydroxylation sites is 1. The van der Waals surface area contributed by atoms with Gasteiger partial charge >= 0.3 is 20.1 Å². The molecule has 7 atom stereocenters. The third-order valence-electron chi connectivity index (χ3n) is 6.81. The van der Waals surface area contributed by atoms with Crippen LogP contribution in [0.15, 0.2) is 42.6 Å². The number of alkyl halides is 1. The second-order valence-corrected chi connectivity index (χ2v) is 12.1. The van der Waals surface area contributed by atoms with Crippen LogP contribution in [0.4, 0.5) is 4.39 Å². The van der Waals surface area contributed by atoms with E-state index in [1.165, 1.54) is 27.2 Å². The largest absolute Gasteiger partial charge is 0.462 e. The maximum Gasteiger partial charge on any atom is 0.331 e. The first kappa shape index (κ1) is 36.4. The zero-order valence-electron chi connectivity index (χ0n) is 25.9. The van der Waals surface area contributed by atoms with Crippen molar-refractivity contribution >= 4 is 26.0 Å². The van der Waals surface area contributed by atoms with Crippen molar-refractivity contribution < 1.29 is 56.8 Å². The quantitative estimate of drug-likeness (QED) is 0.149. The highest BCUT2D eigenvalue weighted by atomic mass is 31.1. The molecule has 2 aliphatic rings. The van der Waals surface area contributed by atoms with E-state index < -0.39 is 75.3 Å². The molecule has 1 saturated heterocycles. The van der Waals surface area contributed by atoms with Gasteiger partial charge in [0.2, 0.25) is 6.35 Å². The molecule has 252 valence electrons. The highest BCUT2D eigenvalue weighted by Crippen LogP contribution is 2.39. The number of amides is 1. The van der Waals surface area contributed by atoms with Gasteiger partial charge in [0, 0.05) is 32.4 Å². The summed E-state index contributed by atoms with van der Waals surface area (Å²) in [6, 6.07) is 6.11. The number of hydrogen-bond acceptors (Lipinski definition) is 13. The molecule has 45 heavy (non-hydrogen) atoms. The van der Waals surface area contributed by atoms with Gasteiger partial charge in [-0.3, -0.25) is 28.7 Å².